The lowest BCUT2D eigenvalue weighted by atomic mass is 9.92. The number of aromatic amines is 1. The van der Waals surface area contributed by atoms with E-state index in [1.807, 2.05) is 54.6 Å². The highest BCUT2D eigenvalue weighted by Crippen LogP contribution is 2.23. The van der Waals surface area contributed by atoms with Crippen LogP contribution in [0.2, 0.25) is 0 Å². The highest BCUT2D eigenvalue weighted by molar-refractivity contribution is 6.10. The smallest absolute Gasteiger partial charge is 0.199 e. The van der Waals surface area contributed by atoms with Gasteiger partial charge in [0.2, 0.25) is 0 Å². The first-order chi connectivity index (χ1) is 12.8. The number of aliphatic hydroxyl groups is 1. The van der Waals surface area contributed by atoms with Gasteiger partial charge in [0.15, 0.2) is 11.9 Å². The number of para-hydroxylation sites is 1. The molecule has 3 N–H and O–H groups in total. The number of hydrogen-bond donors (Lipinski definition) is 3. The van der Waals surface area contributed by atoms with E-state index in [9.17, 15) is 9.90 Å². The van der Waals surface area contributed by atoms with Crippen molar-refractivity contribution in [2.24, 2.45) is 0 Å². The molecule has 0 amide bonds. The lowest BCUT2D eigenvalue weighted by Crippen LogP contribution is -3.14. The van der Waals surface area contributed by atoms with E-state index in [0.29, 0.717) is 5.56 Å². The summed E-state index contributed by atoms with van der Waals surface area (Å²) in [5, 5.41) is 12.0. The minimum atomic E-state index is -1.05. The average molecular weight is 349 g/mol. The molecule has 0 bridgehead atoms. The Bertz CT molecular complexity index is 881. The summed E-state index contributed by atoms with van der Waals surface area (Å²) in [6, 6.07) is 17.5. The van der Waals surface area contributed by atoms with Crippen LogP contribution in [0.5, 0.6) is 0 Å². The second-order valence-electron chi connectivity index (χ2n) is 7.16. The third kappa shape index (κ3) is 3.18. The lowest BCUT2D eigenvalue weighted by molar-refractivity contribution is -0.938. The zero-order valence-electron chi connectivity index (χ0n) is 14.8. The molecule has 0 aliphatic carbocycles. The minimum absolute atomic E-state index is 0.200. The Morgan fingerprint density at radius 2 is 1.65 bits per heavy atom. The summed E-state index contributed by atoms with van der Waals surface area (Å²) in [6.07, 6.45) is 4.20. The van der Waals surface area contributed by atoms with Crippen LogP contribution in [0, 0.1) is 0 Å². The van der Waals surface area contributed by atoms with Crippen molar-refractivity contribution in [3.63, 3.8) is 0 Å². The van der Waals surface area contributed by atoms with Crippen molar-refractivity contribution in [3.8, 4) is 0 Å². The maximum absolute atomic E-state index is 13.2. The highest BCUT2D eigenvalue weighted by Gasteiger charge is 2.37. The largest absolute Gasteiger partial charge is 0.379 e. The second-order valence-corrected chi connectivity index (χ2v) is 7.16. The molecule has 4 nitrogen and oxygen atoms in total. The summed E-state index contributed by atoms with van der Waals surface area (Å²) in [5.74, 6) is -0.200. The van der Waals surface area contributed by atoms with E-state index < -0.39 is 6.10 Å². The minimum Gasteiger partial charge on any atom is -0.379 e. The molecule has 2 aromatic carbocycles. The molecule has 0 unspecified atom stereocenters. The molecule has 1 aliphatic rings. The fraction of sp³-hybridized carbons (Fsp3) is 0.318. The Hall–Kier alpha value is -2.43. The second kappa shape index (κ2) is 7.44. The molecule has 0 radical (unpaired) electrons. The third-order valence-corrected chi connectivity index (χ3v) is 5.53. The van der Waals surface area contributed by atoms with Crippen molar-refractivity contribution in [1.29, 1.82) is 0 Å². The first-order valence-electron chi connectivity index (χ1n) is 9.43. The molecule has 1 saturated heterocycles. The van der Waals surface area contributed by atoms with E-state index in [1.165, 1.54) is 11.3 Å². The summed E-state index contributed by atoms with van der Waals surface area (Å²) >= 11 is 0. The number of nitrogens with one attached hydrogen (secondary N) is 2. The molecule has 3 aromatic rings. The summed E-state index contributed by atoms with van der Waals surface area (Å²) in [4.78, 5) is 17.6. The van der Waals surface area contributed by atoms with E-state index in [4.69, 9.17) is 0 Å². The van der Waals surface area contributed by atoms with Gasteiger partial charge in [0.1, 0.15) is 6.04 Å². The lowest BCUT2D eigenvalue weighted by Gasteiger charge is -2.34. The number of rotatable bonds is 5. The van der Waals surface area contributed by atoms with Gasteiger partial charge in [-0.15, -0.1) is 0 Å². The van der Waals surface area contributed by atoms with Crippen LogP contribution in [-0.2, 0) is 0 Å². The summed E-state index contributed by atoms with van der Waals surface area (Å²) in [7, 11) is 0. The van der Waals surface area contributed by atoms with Crippen LogP contribution in [0.3, 0.4) is 0 Å². The highest BCUT2D eigenvalue weighted by atomic mass is 16.3. The summed E-state index contributed by atoms with van der Waals surface area (Å²) < 4.78 is 0. The first-order valence-corrected chi connectivity index (χ1v) is 9.43. The van der Waals surface area contributed by atoms with Gasteiger partial charge in [-0.1, -0.05) is 48.5 Å². The maximum atomic E-state index is 13.2. The molecule has 26 heavy (non-hydrogen) atoms. The number of hydrogen-bond acceptors (Lipinski definition) is 2. The molecule has 2 heterocycles. The monoisotopic (exact) mass is 349 g/mol. The van der Waals surface area contributed by atoms with Crippen LogP contribution in [0.25, 0.3) is 10.9 Å². The van der Waals surface area contributed by atoms with Crippen molar-refractivity contribution < 1.29 is 14.8 Å². The Kier molecular flexibility index (Phi) is 4.87. The van der Waals surface area contributed by atoms with E-state index in [2.05, 4.69) is 4.98 Å². The molecule has 1 fully saturated rings. The molecular weight excluding hydrogens is 324 g/mol. The first kappa shape index (κ1) is 17.0. The number of fused-ring (bicyclic) bond motifs is 1. The molecule has 2 atom stereocenters. The van der Waals surface area contributed by atoms with Crippen LogP contribution in [0.4, 0.5) is 0 Å². The van der Waals surface area contributed by atoms with Gasteiger partial charge < -0.3 is 15.0 Å². The topological polar surface area (TPSA) is 57.5 Å². The fourth-order valence-electron chi connectivity index (χ4n) is 4.20. The number of likely N-dealkylation sites (tertiary alicyclic amines) is 1. The number of piperidine rings is 1. The van der Waals surface area contributed by atoms with E-state index >= 15 is 0 Å². The van der Waals surface area contributed by atoms with Gasteiger partial charge in [0.05, 0.1) is 13.1 Å². The van der Waals surface area contributed by atoms with E-state index in [-0.39, 0.29) is 11.8 Å². The number of H-pyrrole nitrogens is 1. The van der Waals surface area contributed by atoms with Gasteiger partial charge in [-0.2, -0.15) is 0 Å². The van der Waals surface area contributed by atoms with Crippen molar-refractivity contribution in [1.82, 2.24) is 4.98 Å². The normalized spacial score (nSPS) is 17.9. The van der Waals surface area contributed by atoms with Crippen molar-refractivity contribution in [2.75, 3.05) is 13.1 Å². The number of aliphatic hydroxyl groups excluding tert-OH is 1. The van der Waals surface area contributed by atoms with Gasteiger partial charge in [-0.05, 0) is 25.3 Å². The van der Waals surface area contributed by atoms with Crippen LogP contribution in [0.1, 0.15) is 41.2 Å². The zero-order valence-corrected chi connectivity index (χ0v) is 14.8. The van der Waals surface area contributed by atoms with E-state index in [1.54, 1.807) is 6.20 Å². The number of aromatic nitrogens is 1. The molecule has 4 rings (SSSR count). The third-order valence-electron chi connectivity index (χ3n) is 5.53. The molecule has 1 aromatic heterocycles. The van der Waals surface area contributed by atoms with E-state index in [0.717, 1.165) is 42.4 Å². The van der Waals surface area contributed by atoms with Crippen molar-refractivity contribution in [2.45, 2.75) is 31.4 Å². The quantitative estimate of drug-likeness (QED) is 0.620. The Balaban J connectivity index is 1.69. The number of Topliss-reactive ketones (excluding diaryl/α,β-unsaturated/α-hetero) is 1. The summed E-state index contributed by atoms with van der Waals surface area (Å²) in [5.41, 5.74) is 2.53. The van der Waals surface area contributed by atoms with Crippen molar-refractivity contribution >= 4 is 16.7 Å². The molecule has 0 spiro atoms. The van der Waals surface area contributed by atoms with Crippen LogP contribution in [-0.4, -0.2) is 35.1 Å². The Labute approximate surface area is 153 Å². The SMILES string of the molecule is O=C(c1c[nH]c2ccccc12)[C@@H](O)[C@@H](c1ccccc1)[NH+]1CCCCC1. The van der Waals surface area contributed by atoms with Crippen LogP contribution < -0.4 is 4.90 Å². The van der Waals surface area contributed by atoms with Gasteiger partial charge in [0.25, 0.3) is 0 Å². The van der Waals surface area contributed by atoms with Gasteiger partial charge in [-0.25, -0.2) is 0 Å². The van der Waals surface area contributed by atoms with Gasteiger partial charge >= 0.3 is 0 Å². The number of carbonyl (C=O) groups excluding carboxylic acids is 1. The average Bonchev–Trinajstić information content (AvgIpc) is 3.13. The molecule has 0 saturated carbocycles. The Morgan fingerprint density at radius 1 is 0.962 bits per heavy atom. The molecular formula is C22H25N2O2+. The number of benzene rings is 2. The summed E-state index contributed by atoms with van der Waals surface area (Å²) in [6.45, 7) is 2.00. The zero-order chi connectivity index (χ0) is 17.9. The number of ketones is 1. The Morgan fingerprint density at radius 3 is 2.42 bits per heavy atom. The van der Waals surface area contributed by atoms with Gasteiger partial charge in [-0.3, -0.25) is 4.79 Å². The van der Waals surface area contributed by atoms with Crippen molar-refractivity contribution in [3.05, 3.63) is 71.9 Å². The number of carbonyl (C=O) groups is 1. The number of quaternary nitrogens is 1. The fourth-order valence-corrected chi connectivity index (χ4v) is 4.20. The molecule has 4 heteroatoms. The van der Waals surface area contributed by atoms with Crippen LogP contribution >= 0.6 is 0 Å². The predicted molar refractivity (Wildman–Crippen MR) is 102 cm³/mol. The molecule has 1 aliphatic heterocycles. The van der Waals surface area contributed by atoms with Gasteiger partial charge in [0, 0.05) is 28.2 Å². The van der Waals surface area contributed by atoms with Crippen LogP contribution in [0.15, 0.2) is 60.8 Å². The molecule has 134 valence electrons. The predicted octanol–water partition coefficient (Wildman–Crippen LogP) is 2.52. The maximum Gasteiger partial charge on any atom is 0.199 e. The standard InChI is InChI=1S/C22H24N2O2/c25-21(18-15-23-19-12-6-5-11-17(18)19)22(26)20(16-9-3-1-4-10-16)24-13-7-2-8-14-24/h1,3-6,9-12,15,20,22-23,26H,2,7-8,13-14H2/p+1/t20-,22+/m1/s1.